The van der Waals surface area contributed by atoms with E-state index in [9.17, 15) is 14.9 Å². The fourth-order valence-corrected chi connectivity index (χ4v) is 3.56. The van der Waals surface area contributed by atoms with Crippen LogP contribution in [0.15, 0.2) is 63.7 Å². The van der Waals surface area contributed by atoms with Gasteiger partial charge in [0, 0.05) is 29.3 Å². The van der Waals surface area contributed by atoms with E-state index in [2.05, 4.69) is 15.5 Å². The minimum Gasteiger partial charge on any atom is -0.322 e. The van der Waals surface area contributed by atoms with Gasteiger partial charge in [-0.25, -0.2) is 0 Å². The van der Waals surface area contributed by atoms with Crippen LogP contribution in [0.1, 0.15) is 10.4 Å². The SMILES string of the molecule is CSc1cccc(NC(=O)c2ccc(Sc3nncn3C)c([N+](=O)[O-])c2)c1. The van der Waals surface area contributed by atoms with Crippen molar-refractivity contribution in [1.29, 1.82) is 0 Å². The van der Waals surface area contributed by atoms with Gasteiger partial charge in [0.15, 0.2) is 5.16 Å². The van der Waals surface area contributed by atoms with Crippen molar-refractivity contribution >= 4 is 40.8 Å². The number of anilines is 1. The Morgan fingerprint density at radius 3 is 2.74 bits per heavy atom. The summed E-state index contributed by atoms with van der Waals surface area (Å²) in [5.41, 5.74) is 0.680. The van der Waals surface area contributed by atoms with Crippen molar-refractivity contribution in [2.24, 2.45) is 7.05 Å². The average Bonchev–Trinajstić information content (AvgIpc) is 3.06. The lowest BCUT2D eigenvalue weighted by Gasteiger charge is -2.08. The molecule has 3 aromatic rings. The summed E-state index contributed by atoms with van der Waals surface area (Å²) < 4.78 is 1.66. The van der Waals surface area contributed by atoms with Crippen molar-refractivity contribution in [3.63, 3.8) is 0 Å². The highest BCUT2D eigenvalue weighted by Gasteiger charge is 2.20. The largest absolute Gasteiger partial charge is 0.322 e. The lowest BCUT2D eigenvalue weighted by Crippen LogP contribution is -2.12. The Balaban J connectivity index is 1.85. The van der Waals surface area contributed by atoms with Crippen LogP contribution < -0.4 is 5.32 Å². The Morgan fingerprint density at radius 2 is 2.07 bits per heavy atom. The summed E-state index contributed by atoms with van der Waals surface area (Å²) in [4.78, 5) is 24.8. The van der Waals surface area contributed by atoms with Gasteiger partial charge in [0.1, 0.15) is 6.33 Å². The first-order valence-corrected chi connectivity index (χ1v) is 9.77. The number of amides is 1. The van der Waals surface area contributed by atoms with Gasteiger partial charge in [-0.2, -0.15) is 0 Å². The molecule has 3 rings (SSSR count). The molecule has 0 aliphatic carbocycles. The summed E-state index contributed by atoms with van der Waals surface area (Å²) in [6.45, 7) is 0. The van der Waals surface area contributed by atoms with E-state index in [-0.39, 0.29) is 11.3 Å². The van der Waals surface area contributed by atoms with Crippen molar-refractivity contribution in [2.75, 3.05) is 11.6 Å². The van der Waals surface area contributed by atoms with Crippen molar-refractivity contribution in [3.8, 4) is 0 Å². The Labute approximate surface area is 163 Å². The van der Waals surface area contributed by atoms with Gasteiger partial charge in [0.05, 0.1) is 9.82 Å². The highest BCUT2D eigenvalue weighted by molar-refractivity contribution is 7.99. The van der Waals surface area contributed by atoms with Crippen molar-refractivity contribution < 1.29 is 9.72 Å². The van der Waals surface area contributed by atoms with E-state index in [4.69, 9.17) is 0 Å². The minimum atomic E-state index is -0.510. The number of aromatic nitrogens is 3. The molecule has 1 amide bonds. The first-order chi connectivity index (χ1) is 13.0. The zero-order valence-corrected chi connectivity index (χ0v) is 16.1. The quantitative estimate of drug-likeness (QED) is 0.380. The molecule has 0 unspecified atom stereocenters. The zero-order chi connectivity index (χ0) is 19.4. The van der Waals surface area contributed by atoms with Gasteiger partial charge in [-0.15, -0.1) is 22.0 Å². The van der Waals surface area contributed by atoms with Crippen LogP contribution in [0.3, 0.4) is 0 Å². The van der Waals surface area contributed by atoms with Crippen LogP contribution in [0.25, 0.3) is 0 Å². The van der Waals surface area contributed by atoms with Crippen LogP contribution in [0, 0.1) is 10.1 Å². The monoisotopic (exact) mass is 401 g/mol. The van der Waals surface area contributed by atoms with Gasteiger partial charge >= 0.3 is 0 Å². The molecule has 1 aromatic heterocycles. The fourth-order valence-electron chi connectivity index (χ4n) is 2.26. The molecule has 0 aliphatic rings. The van der Waals surface area contributed by atoms with Gasteiger partial charge in [0.2, 0.25) is 0 Å². The molecule has 27 heavy (non-hydrogen) atoms. The third-order valence-electron chi connectivity index (χ3n) is 3.62. The number of rotatable bonds is 6. The van der Waals surface area contributed by atoms with Crippen molar-refractivity contribution in [1.82, 2.24) is 14.8 Å². The predicted molar refractivity (Wildman–Crippen MR) is 104 cm³/mol. The highest BCUT2D eigenvalue weighted by atomic mass is 32.2. The topological polar surface area (TPSA) is 103 Å². The Bertz CT molecular complexity index is 1010. The van der Waals surface area contributed by atoms with E-state index in [1.807, 2.05) is 24.5 Å². The van der Waals surface area contributed by atoms with E-state index in [1.54, 1.807) is 41.6 Å². The summed E-state index contributed by atoms with van der Waals surface area (Å²) in [5, 5.41) is 22.4. The number of carbonyl (C=O) groups is 1. The van der Waals surface area contributed by atoms with Gasteiger partial charge in [0.25, 0.3) is 11.6 Å². The summed E-state index contributed by atoms with van der Waals surface area (Å²) in [7, 11) is 1.75. The molecule has 2 aromatic carbocycles. The number of aryl methyl sites for hydroxylation is 1. The molecule has 0 fully saturated rings. The molecule has 0 aliphatic heterocycles. The lowest BCUT2D eigenvalue weighted by atomic mass is 10.2. The smallest absolute Gasteiger partial charge is 0.284 e. The molecular formula is C17H15N5O3S2. The molecule has 8 nitrogen and oxygen atoms in total. The molecule has 1 N–H and O–H groups in total. The molecule has 0 saturated carbocycles. The molecular weight excluding hydrogens is 386 g/mol. The molecule has 0 saturated heterocycles. The van der Waals surface area contributed by atoms with E-state index in [1.165, 1.54) is 12.4 Å². The van der Waals surface area contributed by atoms with Crippen LogP contribution >= 0.6 is 23.5 Å². The molecule has 1 heterocycles. The van der Waals surface area contributed by atoms with Crippen molar-refractivity contribution in [3.05, 3.63) is 64.5 Å². The van der Waals surface area contributed by atoms with Gasteiger partial charge in [-0.1, -0.05) is 6.07 Å². The van der Waals surface area contributed by atoms with Crippen LogP contribution in [0.5, 0.6) is 0 Å². The van der Waals surface area contributed by atoms with Crippen LogP contribution in [0.2, 0.25) is 0 Å². The standard InChI is InChI=1S/C17H15N5O3S2/c1-21-10-18-20-17(21)27-15-7-6-11(8-14(15)22(24)25)16(23)19-12-4-3-5-13(9-12)26-2/h3-10H,1-2H3,(H,19,23). The van der Waals surface area contributed by atoms with E-state index in [0.29, 0.717) is 15.7 Å². The third-order valence-corrected chi connectivity index (χ3v) is 5.46. The van der Waals surface area contributed by atoms with Gasteiger partial charge in [-0.05, 0) is 48.3 Å². The molecule has 10 heteroatoms. The number of benzene rings is 2. The van der Waals surface area contributed by atoms with Crippen LogP contribution in [-0.4, -0.2) is 31.9 Å². The Kier molecular flexibility index (Phi) is 5.77. The van der Waals surface area contributed by atoms with E-state index < -0.39 is 10.8 Å². The minimum absolute atomic E-state index is 0.159. The first kappa shape index (κ1) is 18.9. The Hall–Kier alpha value is -2.85. The number of nitrogens with zero attached hydrogens (tertiary/aromatic N) is 4. The second-order valence-corrected chi connectivity index (χ2v) is 7.34. The summed E-state index contributed by atoms with van der Waals surface area (Å²) in [6.07, 6.45) is 3.45. The van der Waals surface area contributed by atoms with Crippen molar-refractivity contribution in [2.45, 2.75) is 14.9 Å². The summed E-state index contributed by atoms with van der Waals surface area (Å²) >= 11 is 2.68. The maximum atomic E-state index is 12.5. The second kappa shape index (κ2) is 8.23. The highest BCUT2D eigenvalue weighted by Crippen LogP contribution is 2.34. The molecule has 0 bridgehead atoms. The third kappa shape index (κ3) is 4.47. The number of nitro groups is 1. The van der Waals surface area contributed by atoms with Gasteiger partial charge < -0.3 is 9.88 Å². The molecule has 0 radical (unpaired) electrons. The second-order valence-electron chi connectivity index (χ2n) is 5.45. The number of hydrogen-bond acceptors (Lipinski definition) is 7. The van der Waals surface area contributed by atoms with E-state index >= 15 is 0 Å². The summed E-state index contributed by atoms with van der Waals surface area (Å²) in [6, 6.07) is 11.8. The maximum Gasteiger partial charge on any atom is 0.284 e. The first-order valence-electron chi connectivity index (χ1n) is 7.73. The predicted octanol–water partition coefficient (Wildman–Crippen LogP) is 3.85. The number of thioether (sulfide) groups is 1. The molecule has 0 spiro atoms. The fraction of sp³-hybridized carbons (Fsp3) is 0.118. The number of nitrogens with one attached hydrogen (secondary N) is 1. The maximum absolute atomic E-state index is 12.5. The zero-order valence-electron chi connectivity index (χ0n) is 14.4. The Morgan fingerprint density at radius 1 is 1.26 bits per heavy atom. The number of hydrogen-bond donors (Lipinski definition) is 1. The molecule has 138 valence electrons. The average molecular weight is 401 g/mol. The van der Waals surface area contributed by atoms with E-state index in [0.717, 1.165) is 16.7 Å². The number of nitro benzene ring substituents is 1. The summed E-state index contributed by atoms with van der Waals surface area (Å²) in [5.74, 6) is -0.411. The van der Waals surface area contributed by atoms with Crippen LogP contribution in [0.4, 0.5) is 11.4 Å². The van der Waals surface area contributed by atoms with Crippen LogP contribution in [-0.2, 0) is 7.05 Å². The number of carbonyl (C=O) groups excluding carboxylic acids is 1. The normalized spacial score (nSPS) is 10.6. The van der Waals surface area contributed by atoms with Gasteiger partial charge in [-0.3, -0.25) is 14.9 Å². The molecule has 0 atom stereocenters. The lowest BCUT2D eigenvalue weighted by molar-refractivity contribution is -0.387.